The van der Waals surface area contributed by atoms with Gasteiger partial charge in [0.05, 0.1) is 13.2 Å². The number of nitrogens with one attached hydrogen (secondary N) is 2. The number of amides is 1. The van der Waals surface area contributed by atoms with E-state index in [2.05, 4.69) is 10.6 Å². The maximum atomic E-state index is 11.8. The van der Waals surface area contributed by atoms with E-state index in [0.29, 0.717) is 12.3 Å². The molecule has 0 bridgehead atoms. The maximum Gasteiger partial charge on any atom is 0.220 e. The van der Waals surface area contributed by atoms with Crippen LogP contribution in [0.25, 0.3) is 0 Å². The van der Waals surface area contributed by atoms with Crippen LogP contribution in [0.2, 0.25) is 0 Å². The fourth-order valence-corrected chi connectivity index (χ4v) is 2.05. The molecule has 0 spiro atoms. The summed E-state index contributed by atoms with van der Waals surface area (Å²) >= 11 is 0. The van der Waals surface area contributed by atoms with Crippen LogP contribution in [0.3, 0.4) is 0 Å². The van der Waals surface area contributed by atoms with Gasteiger partial charge in [-0.1, -0.05) is 12.1 Å². The van der Waals surface area contributed by atoms with Crippen molar-refractivity contribution in [1.82, 2.24) is 10.6 Å². The lowest BCUT2D eigenvalue weighted by molar-refractivity contribution is -0.123. The Hall–Kier alpha value is -1.55. The topological polar surface area (TPSA) is 50.4 Å². The number of hydrogen-bond donors (Lipinski definition) is 2. The summed E-state index contributed by atoms with van der Waals surface area (Å²) in [6.45, 7) is 3.91. The Kier molecular flexibility index (Phi) is 4.20. The molecule has 1 heterocycles. The standard InChI is InChI=1S/C14H20N2O2/c1-10(12-4-3-5-13(7-12)18-2)16-14(17)6-11-8-15-9-11/h3-5,7,10-11,15H,6,8-9H2,1-2H3,(H,16,17)/t10-/m1/s1. The van der Waals surface area contributed by atoms with Crippen LogP contribution in [0.15, 0.2) is 24.3 Å². The lowest BCUT2D eigenvalue weighted by atomic mass is 9.98. The zero-order valence-corrected chi connectivity index (χ0v) is 10.9. The third-order valence-corrected chi connectivity index (χ3v) is 3.31. The summed E-state index contributed by atoms with van der Waals surface area (Å²) < 4.78 is 5.18. The van der Waals surface area contributed by atoms with E-state index in [-0.39, 0.29) is 11.9 Å². The summed E-state index contributed by atoms with van der Waals surface area (Å²) in [5.41, 5.74) is 1.06. The largest absolute Gasteiger partial charge is 0.497 e. The van der Waals surface area contributed by atoms with E-state index in [1.54, 1.807) is 7.11 Å². The molecule has 18 heavy (non-hydrogen) atoms. The van der Waals surface area contributed by atoms with E-state index in [1.165, 1.54) is 0 Å². The Morgan fingerprint density at radius 2 is 2.33 bits per heavy atom. The number of carbonyl (C=O) groups is 1. The average Bonchev–Trinajstić information content (AvgIpc) is 2.34. The molecule has 1 atom stereocenters. The molecule has 0 aromatic heterocycles. The lowest BCUT2D eigenvalue weighted by Crippen LogP contribution is -2.44. The highest BCUT2D eigenvalue weighted by atomic mass is 16.5. The summed E-state index contributed by atoms with van der Waals surface area (Å²) in [6, 6.07) is 7.81. The van der Waals surface area contributed by atoms with Gasteiger partial charge in [-0.3, -0.25) is 4.79 Å². The fraction of sp³-hybridized carbons (Fsp3) is 0.500. The van der Waals surface area contributed by atoms with Crippen molar-refractivity contribution < 1.29 is 9.53 Å². The van der Waals surface area contributed by atoms with Gasteiger partial charge in [-0.05, 0) is 43.6 Å². The van der Waals surface area contributed by atoms with Gasteiger partial charge in [0.1, 0.15) is 5.75 Å². The van der Waals surface area contributed by atoms with Crippen LogP contribution in [-0.2, 0) is 4.79 Å². The van der Waals surface area contributed by atoms with E-state index in [0.717, 1.165) is 24.4 Å². The van der Waals surface area contributed by atoms with Crippen molar-refractivity contribution in [3.05, 3.63) is 29.8 Å². The summed E-state index contributed by atoms with van der Waals surface area (Å²) in [6.07, 6.45) is 0.612. The molecule has 1 aliphatic heterocycles. The first-order chi connectivity index (χ1) is 8.69. The predicted octanol–water partition coefficient (Wildman–Crippen LogP) is 1.48. The zero-order valence-electron chi connectivity index (χ0n) is 10.9. The number of rotatable bonds is 5. The van der Waals surface area contributed by atoms with Gasteiger partial charge in [-0.25, -0.2) is 0 Å². The van der Waals surface area contributed by atoms with Gasteiger partial charge in [0.2, 0.25) is 5.91 Å². The molecule has 1 saturated heterocycles. The molecule has 1 fully saturated rings. The lowest BCUT2D eigenvalue weighted by Gasteiger charge is -2.27. The van der Waals surface area contributed by atoms with E-state index >= 15 is 0 Å². The molecule has 1 aromatic carbocycles. The normalized spacial score (nSPS) is 16.8. The van der Waals surface area contributed by atoms with Crippen molar-refractivity contribution in [3.8, 4) is 5.75 Å². The smallest absolute Gasteiger partial charge is 0.220 e. The van der Waals surface area contributed by atoms with Crippen molar-refractivity contribution in [2.45, 2.75) is 19.4 Å². The Balaban J connectivity index is 1.89. The van der Waals surface area contributed by atoms with Crippen molar-refractivity contribution >= 4 is 5.91 Å². The minimum atomic E-state index is 0.0145. The number of hydrogen-bond acceptors (Lipinski definition) is 3. The van der Waals surface area contributed by atoms with Crippen molar-refractivity contribution in [1.29, 1.82) is 0 Å². The first kappa shape index (κ1) is 12.9. The SMILES string of the molecule is COc1cccc([C@@H](C)NC(=O)CC2CNC2)c1. The predicted molar refractivity (Wildman–Crippen MR) is 70.5 cm³/mol. The van der Waals surface area contributed by atoms with Crippen LogP contribution in [-0.4, -0.2) is 26.1 Å². The monoisotopic (exact) mass is 248 g/mol. The highest BCUT2D eigenvalue weighted by molar-refractivity contribution is 5.76. The van der Waals surface area contributed by atoms with Gasteiger partial charge in [0, 0.05) is 6.42 Å². The Morgan fingerprint density at radius 3 is 2.94 bits per heavy atom. The number of benzene rings is 1. The van der Waals surface area contributed by atoms with Gasteiger partial charge in [0.15, 0.2) is 0 Å². The van der Waals surface area contributed by atoms with E-state index in [1.807, 2.05) is 31.2 Å². The highest BCUT2D eigenvalue weighted by Crippen LogP contribution is 2.19. The van der Waals surface area contributed by atoms with Crippen molar-refractivity contribution in [2.75, 3.05) is 20.2 Å². The van der Waals surface area contributed by atoms with Crippen LogP contribution in [0, 0.1) is 5.92 Å². The summed E-state index contributed by atoms with van der Waals surface area (Å²) in [5.74, 6) is 1.44. The molecule has 2 rings (SSSR count). The van der Waals surface area contributed by atoms with Gasteiger partial charge < -0.3 is 15.4 Å². The van der Waals surface area contributed by atoms with E-state index < -0.39 is 0 Å². The average molecular weight is 248 g/mol. The first-order valence-electron chi connectivity index (χ1n) is 6.33. The van der Waals surface area contributed by atoms with Crippen LogP contribution in [0.1, 0.15) is 24.9 Å². The fourth-order valence-electron chi connectivity index (χ4n) is 2.05. The van der Waals surface area contributed by atoms with Crippen LogP contribution >= 0.6 is 0 Å². The highest BCUT2D eigenvalue weighted by Gasteiger charge is 2.21. The zero-order chi connectivity index (χ0) is 13.0. The molecule has 1 aliphatic rings. The Labute approximate surface area is 108 Å². The summed E-state index contributed by atoms with van der Waals surface area (Å²) in [5, 5.41) is 6.19. The van der Waals surface area contributed by atoms with Crippen LogP contribution in [0.5, 0.6) is 5.75 Å². The molecule has 0 unspecified atom stereocenters. The third kappa shape index (κ3) is 3.23. The second kappa shape index (κ2) is 5.87. The second-order valence-electron chi connectivity index (χ2n) is 4.79. The van der Waals surface area contributed by atoms with Gasteiger partial charge in [-0.2, -0.15) is 0 Å². The first-order valence-corrected chi connectivity index (χ1v) is 6.33. The number of ether oxygens (including phenoxy) is 1. The molecular formula is C14H20N2O2. The molecule has 4 heteroatoms. The molecule has 0 saturated carbocycles. The van der Waals surface area contributed by atoms with Crippen LogP contribution in [0.4, 0.5) is 0 Å². The molecule has 1 aromatic rings. The second-order valence-corrected chi connectivity index (χ2v) is 4.79. The number of carbonyl (C=O) groups excluding carboxylic acids is 1. The molecule has 2 N–H and O–H groups in total. The Morgan fingerprint density at radius 1 is 1.56 bits per heavy atom. The minimum absolute atomic E-state index is 0.0145. The van der Waals surface area contributed by atoms with E-state index in [4.69, 9.17) is 4.74 Å². The summed E-state index contributed by atoms with van der Waals surface area (Å²) in [7, 11) is 1.64. The molecule has 0 aliphatic carbocycles. The van der Waals surface area contributed by atoms with Crippen molar-refractivity contribution in [3.63, 3.8) is 0 Å². The van der Waals surface area contributed by atoms with Gasteiger partial charge in [-0.15, -0.1) is 0 Å². The molecular weight excluding hydrogens is 228 g/mol. The van der Waals surface area contributed by atoms with E-state index in [9.17, 15) is 4.79 Å². The quantitative estimate of drug-likeness (QED) is 0.830. The minimum Gasteiger partial charge on any atom is -0.497 e. The molecule has 98 valence electrons. The maximum absolute atomic E-state index is 11.8. The third-order valence-electron chi connectivity index (χ3n) is 3.31. The molecule has 0 radical (unpaired) electrons. The van der Waals surface area contributed by atoms with Crippen molar-refractivity contribution in [2.24, 2.45) is 5.92 Å². The summed E-state index contributed by atoms with van der Waals surface area (Å²) in [4.78, 5) is 11.8. The molecule has 1 amide bonds. The number of methoxy groups -OCH3 is 1. The van der Waals surface area contributed by atoms with Gasteiger partial charge >= 0.3 is 0 Å². The Bertz CT molecular complexity index is 416. The molecule has 4 nitrogen and oxygen atoms in total. The van der Waals surface area contributed by atoms with Crippen LogP contribution < -0.4 is 15.4 Å². The van der Waals surface area contributed by atoms with Gasteiger partial charge in [0.25, 0.3) is 0 Å².